The van der Waals surface area contributed by atoms with Gasteiger partial charge in [-0.05, 0) is 210 Å². The normalized spacial score (nSPS) is 16.1. The first-order chi connectivity index (χ1) is 57.3. The first-order valence-corrected chi connectivity index (χ1v) is 40.7. The molecule has 0 saturated heterocycles. The first kappa shape index (κ1) is 86.6. The maximum atomic E-state index is 13.4. The summed E-state index contributed by atoms with van der Waals surface area (Å²) in [4.78, 5) is 102. The highest BCUT2D eigenvalue weighted by Gasteiger charge is 2.61. The van der Waals surface area contributed by atoms with Crippen LogP contribution in [0.2, 0.25) is 0 Å². The molecular weight excluding hydrogens is 1520 g/mol. The first-order valence-electron chi connectivity index (χ1n) is 40.7. The van der Waals surface area contributed by atoms with Crippen molar-refractivity contribution in [3.05, 3.63) is 293 Å². The molecule has 0 bridgehead atoms. The number of ketones is 2. The van der Waals surface area contributed by atoms with E-state index in [1.165, 1.54) is 36.8 Å². The third-order valence-electron chi connectivity index (χ3n) is 23.7. The molecule has 4 heterocycles. The number of rotatable bonds is 33. The number of Topliss-reactive ketones (excluding diaryl/α,β-unsaturated/α-hetero) is 2. The zero-order valence-corrected chi connectivity index (χ0v) is 70.2. The number of para-hydroxylation sites is 2. The average Bonchev–Trinajstić information content (AvgIpc) is 1.55. The third-order valence-corrected chi connectivity index (χ3v) is 23.7. The maximum Gasteiger partial charge on any atom is 0.311 e. The van der Waals surface area contributed by atoms with Crippen molar-refractivity contribution in [2.75, 3.05) is 24.0 Å². The average molecular weight is 1630 g/mol. The van der Waals surface area contributed by atoms with Crippen molar-refractivity contribution in [2.45, 2.75) is 206 Å². The molecule has 624 valence electrons. The van der Waals surface area contributed by atoms with Crippen LogP contribution in [0.25, 0.3) is 12.2 Å². The molecule has 0 fully saturated rings. The molecule has 0 radical (unpaired) electrons. The van der Waals surface area contributed by atoms with Gasteiger partial charge in [0.05, 0.1) is 34.9 Å². The second-order valence-corrected chi connectivity index (χ2v) is 33.1. The van der Waals surface area contributed by atoms with Crippen molar-refractivity contribution in [1.82, 2.24) is 0 Å². The molecule has 9 aromatic rings. The van der Waals surface area contributed by atoms with Crippen LogP contribution in [0.5, 0.6) is 34.5 Å². The fourth-order valence-corrected chi connectivity index (χ4v) is 16.4. The topological polar surface area (TPSA) is 269 Å². The van der Waals surface area contributed by atoms with Gasteiger partial charge in [0, 0.05) is 120 Å². The van der Waals surface area contributed by atoms with E-state index in [9.17, 15) is 49.0 Å². The lowest BCUT2D eigenvalue weighted by Crippen LogP contribution is -2.59. The van der Waals surface area contributed by atoms with Crippen molar-refractivity contribution in [2.24, 2.45) is 0 Å². The monoisotopic (exact) mass is 1620 g/mol. The van der Waals surface area contributed by atoms with E-state index < -0.39 is 50.0 Å². The molecule has 2 unspecified atom stereocenters. The van der Waals surface area contributed by atoms with Crippen LogP contribution in [0.3, 0.4) is 0 Å². The zero-order valence-electron chi connectivity index (χ0n) is 70.2. The summed E-state index contributed by atoms with van der Waals surface area (Å²) in [7, 11) is 3.29. The highest BCUT2D eigenvalue weighted by molar-refractivity contribution is 5.79. The summed E-state index contributed by atoms with van der Waals surface area (Å²) in [6, 6.07) is 61.3. The maximum absolute atomic E-state index is 13.4. The van der Waals surface area contributed by atoms with Gasteiger partial charge in [-0.15, -0.1) is 0 Å². The van der Waals surface area contributed by atoms with Crippen molar-refractivity contribution in [3.8, 4) is 34.5 Å². The summed E-state index contributed by atoms with van der Waals surface area (Å²) < 4.78 is 47.7. The van der Waals surface area contributed by atoms with Crippen LogP contribution in [0.4, 0.5) is 22.7 Å². The lowest BCUT2D eigenvalue weighted by molar-refractivity contribution is -0.385. The predicted molar refractivity (Wildman–Crippen MR) is 459 cm³/mol. The molecule has 0 N–H and O–H groups in total. The molecule has 2 atom stereocenters. The molecule has 0 saturated carbocycles. The van der Waals surface area contributed by atoms with E-state index in [-0.39, 0.29) is 72.2 Å². The van der Waals surface area contributed by atoms with Crippen LogP contribution in [0.1, 0.15) is 213 Å². The number of fused-ring (bicyclic) bond motifs is 4. The fraction of sp³-hybridized carbons (Fsp3) is 0.347. The van der Waals surface area contributed by atoms with Gasteiger partial charge in [-0.25, -0.2) is 0 Å². The summed E-state index contributed by atoms with van der Waals surface area (Å²) in [6.45, 7) is 20.3. The Balaban J connectivity index is 0.000000415. The molecule has 22 heteroatoms. The van der Waals surface area contributed by atoms with Crippen LogP contribution < -0.4 is 38.2 Å². The van der Waals surface area contributed by atoms with E-state index in [0.717, 1.165) is 68.2 Å². The smallest absolute Gasteiger partial charge is 0.311 e. The van der Waals surface area contributed by atoms with Crippen molar-refractivity contribution < 1.29 is 76.5 Å². The predicted octanol–water partition coefficient (Wildman–Crippen LogP) is 20.5. The zero-order chi connectivity index (χ0) is 85.9. The molecule has 0 aromatic heterocycles. The minimum absolute atomic E-state index is 0.00446. The van der Waals surface area contributed by atoms with Gasteiger partial charge in [-0.3, -0.25) is 39.4 Å². The van der Waals surface area contributed by atoms with E-state index in [1.807, 2.05) is 121 Å². The van der Waals surface area contributed by atoms with Crippen LogP contribution in [-0.4, -0.2) is 71.0 Å². The molecule has 4 aliphatic heterocycles. The molecule has 4 aliphatic rings. The van der Waals surface area contributed by atoms with Crippen LogP contribution in [-0.2, 0) is 86.2 Å². The number of non-ortho nitro benzene ring substituents is 2. The van der Waals surface area contributed by atoms with Crippen LogP contribution in [0, 0.1) is 20.2 Å². The standard InChI is InChI=1S/C75H76N4O14.C23H28O4/c1-49(80)17-9-14-22-66(81)89-47-54-43-58(78(84)85)41-52-37-39-74(92-69(52)54)72(4,5)62-18-10-12-20-64(62)76(74)45-50-25-27-51(28-26-50)46-77-65-21-13-11-19-63(65)73(6,7)75(77)40-38-53-42-59(79(86)87)44-55(70(53)93-75)48-90-67(82)23-15-16-24-68(83)91-61-35-31-57(32-36-61)71(2,3)56-29-33-60(88-8)34-30-56;1-17(24)7-5-6-8-22(25)27-21-15-11-19(12-16-21)23(2,3)18-9-13-20(26-4)14-10-18/h10-13,18-21,25-44H,9,14-17,22-24,45-48H2,1-8H3;9-16H,5-8H2,1-4H3. The molecule has 9 aromatic carbocycles. The number of anilines is 2. The fourth-order valence-electron chi connectivity index (χ4n) is 16.4. The van der Waals surface area contributed by atoms with Gasteiger partial charge < -0.3 is 57.3 Å². The molecule has 2 spiro atoms. The molecular formula is C98H104N4O18. The van der Waals surface area contributed by atoms with Gasteiger partial charge in [0.15, 0.2) is 0 Å². The van der Waals surface area contributed by atoms with Gasteiger partial charge in [0.2, 0.25) is 11.4 Å². The number of hydrogen-bond acceptors (Lipinski definition) is 20. The Bertz CT molecular complexity index is 5360. The number of unbranched alkanes of at least 4 members (excludes halogenated alkanes) is 3. The van der Waals surface area contributed by atoms with E-state index in [2.05, 4.69) is 126 Å². The minimum Gasteiger partial charge on any atom is -0.497 e. The third kappa shape index (κ3) is 18.9. The van der Waals surface area contributed by atoms with E-state index >= 15 is 0 Å². The summed E-state index contributed by atoms with van der Waals surface area (Å²) in [6.07, 6.45) is 12.1. The SMILES string of the molecule is COc1ccc(C(C)(C)c2ccc(OC(=O)CCCCC(=O)OCc3cc([N+](=O)[O-])cc4c3OC3(C=C4)N(Cc4ccc(CN5c6ccccc6C(C)(C)C56C=Cc5cc([N+](=O)[O-])cc(COC(=O)CCCCC(C)=O)c5O6)cc4)c4ccccc4C3(C)C)cc2)cc1.COc1ccc(C(C)(C)c2ccc(OC(=O)CCCCC(C)=O)cc2)cc1. The molecule has 0 amide bonds. The Morgan fingerprint density at radius 3 is 1.03 bits per heavy atom. The number of nitrogens with zero attached hydrogens (tertiary/aromatic N) is 4. The van der Waals surface area contributed by atoms with Gasteiger partial charge in [-0.1, -0.05) is 137 Å². The van der Waals surface area contributed by atoms with E-state index in [0.29, 0.717) is 110 Å². The molecule has 22 nitrogen and oxygen atoms in total. The number of esters is 4. The quantitative estimate of drug-likeness (QED) is 0.0122. The summed E-state index contributed by atoms with van der Waals surface area (Å²) >= 11 is 0. The Hall–Kier alpha value is -12.7. The lowest BCUT2D eigenvalue weighted by Gasteiger charge is -2.47. The van der Waals surface area contributed by atoms with E-state index in [4.69, 9.17) is 37.9 Å². The van der Waals surface area contributed by atoms with E-state index in [1.54, 1.807) is 33.3 Å². The Labute approximate surface area is 700 Å². The van der Waals surface area contributed by atoms with Crippen LogP contribution in [0.15, 0.2) is 206 Å². The number of carbonyl (C=O) groups excluding carboxylic acids is 6. The minimum atomic E-state index is -1.17. The van der Waals surface area contributed by atoms with Gasteiger partial charge in [0.25, 0.3) is 11.4 Å². The Morgan fingerprint density at radius 2 is 0.717 bits per heavy atom. The van der Waals surface area contributed by atoms with Gasteiger partial charge in [-0.2, -0.15) is 0 Å². The molecule has 120 heavy (non-hydrogen) atoms. The molecule has 13 rings (SSSR count). The summed E-state index contributed by atoms with van der Waals surface area (Å²) in [5.41, 5.74) is 7.40. The Kier molecular flexibility index (Phi) is 26.5. The van der Waals surface area contributed by atoms with Crippen LogP contribution >= 0.6 is 0 Å². The number of nitro benzene ring substituents is 2. The van der Waals surface area contributed by atoms with Gasteiger partial charge >= 0.3 is 23.9 Å². The Morgan fingerprint density at radius 1 is 0.408 bits per heavy atom. The number of methoxy groups -OCH3 is 2. The number of carbonyl (C=O) groups is 6. The highest BCUT2D eigenvalue weighted by atomic mass is 16.6. The van der Waals surface area contributed by atoms with Gasteiger partial charge in [0.1, 0.15) is 59.3 Å². The van der Waals surface area contributed by atoms with Crippen molar-refractivity contribution in [3.63, 3.8) is 0 Å². The van der Waals surface area contributed by atoms with Crippen molar-refractivity contribution >= 4 is 70.3 Å². The summed E-state index contributed by atoms with van der Waals surface area (Å²) in [5, 5.41) is 24.6. The second-order valence-electron chi connectivity index (χ2n) is 33.1. The number of benzene rings is 9. The number of nitro groups is 2. The van der Waals surface area contributed by atoms with Crippen molar-refractivity contribution in [1.29, 1.82) is 0 Å². The lowest BCUT2D eigenvalue weighted by atomic mass is 9.76. The molecule has 0 aliphatic carbocycles. The number of hydrogen-bond donors (Lipinski definition) is 0. The summed E-state index contributed by atoms with van der Waals surface area (Å²) in [5.74, 6) is 1.79. The largest absolute Gasteiger partial charge is 0.497 e. The second kappa shape index (κ2) is 36.7. The number of ether oxygens (including phenoxy) is 8. The highest BCUT2D eigenvalue weighted by Crippen LogP contribution is 2.58.